The van der Waals surface area contributed by atoms with Gasteiger partial charge in [-0.15, -0.1) is 0 Å². The Hall–Kier alpha value is -1.62. The lowest BCUT2D eigenvalue weighted by Gasteiger charge is -2.23. The number of aliphatic carboxylic acids is 1. The summed E-state index contributed by atoms with van der Waals surface area (Å²) in [4.78, 5) is 15.1. The number of carboxylic acids is 1. The van der Waals surface area contributed by atoms with Gasteiger partial charge in [0, 0.05) is 30.8 Å². The molecule has 1 heterocycles. The minimum absolute atomic E-state index is 0.0309. The first-order valence-electron chi connectivity index (χ1n) is 7.26. The van der Waals surface area contributed by atoms with Crippen LogP contribution in [0.3, 0.4) is 0 Å². The number of nitrogens with zero attached hydrogens (tertiary/aromatic N) is 1. The SMILES string of the molecule is COc1cc(C)nc(CNCCC(C)(C)CCC(=O)O)c1. The number of aryl methyl sites for hydroxylation is 1. The van der Waals surface area contributed by atoms with Crippen molar-refractivity contribution >= 4 is 5.97 Å². The van der Waals surface area contributed by atoms with Crippen LogP contribution in [0.1, 0.15) is 44.5 Å². The molecule has 5 heteroatoms. The second kappa shape index (κ2) is 7.98. The van der Waals surface area contributed by atoms with E-state index >= 15 is 0 Å². The molecule has 0 aliphatic heterocycles. The van der Waals surface area contributed by atoms with E-state index in [1.807, 2.05) is 19.1 Å². The number of methoxy groups -OCH3 is 1. The van der Waals surface area contributed by atoms with Gasteiger partial charge in [0.1, 0.15) is 5.75 Å². The van der Waals surface area contributed by atoms with Gasteiger partial charge in [-0.2, -0.15) is 0 Å². The minimum atomic E-state index is -0.730. The maximum Gasteiger partial charge on any atom is 0.303 e. The van der Waals surface area contributed by atoms with Gasteiger partial charge in [-0.3, -0.25) is 9.78 Å². The predicted octanol–water partition coefficient (Wildman–Crippen LogP) is 2.77. The zero-order valence-corrected chi connectivity index (χ0v) is 13.4. The van der Waals surface area contributed by atoms with Crippen molar-refractivity contribution in [3.8, 4) is 5.75 Å². The van der Waals surface area contributed by atoms with E-state index in [9.17, 15) is 4.79 Å². The normalized spacial score (nSPS) is 11.4. The number of ether oxygens (including phenoxy) is 1. The molecule has 21 heavy (non-hydrogen) atoms. The lowest BCUT2D eigenvalue weighted by molar-refractivity contribution is -0.137. The fraction of sp³-hybridized carbons (Fsp3) is 0.625. The highest BCUT2D eigenvalue weighted by atomic mass is 16.5. The highest BCUT2D eigenvalue weighted by Gasteiger charge is 2.18. The summed E-state index contributed by atoms with van der Waals surface area (Å²) < 4.78 is 5.23. The molecule has 0 aromatic carbocycles. The van der Waals surface area contributed by atoms with Crippen molar-refractivity contribution in [3.63, 3.8) is 0 Å². The van der Waals surface area contributed by atoms with Gasteiger partial charge in [-0.1, -0.05) is 13.8 Å². The van der Waals surface area contributed by atoms with Crippen molar-refractivity contribution < 1.29 is 14.6 Å². The van der Waals surface area contributed by atoms with E-state index in [0.717, 1.165) is 30.1 Å². The van der Waals surface area contributed by atoms with Crippen molar-refractivity contribution in [1.82, 2.24) is 10.3 Å². The van der Waals surface area contributed by atoms with Crippen LogP contribution in [0.5, 0.6) is 5.75 Å². The first-order chi connectivity index (χ1) is 9.82. The molecule has 1 aromatic heterocycles. The highest BCUT2D eigenvalue weighted by molar-refractivity contribution is 5.66. The predicted molar refractivity (Wildman–Crippen MR) is 82.5 cm³/mol. The van der Waals surface area contributed by atoms with Crippen LogP contribution >= 0.6 is 0 Å². The van der Waals surface area contributed by atoms with Crippen molar-refractivity contribution in [2.45, 2.75) is 46.6 Å². The van der Waals surface area contributed by atoms with Crippen molar-refractivity contribution in [3.05, 3.63) is 23.5 Å². The van der Waals surface area contributed by atoms with Crippen molar-refractivity contribution in [2.24, 2.45) is 5.41 Å². The largest absolute Gasteiger partial charge is 0.497 e. The molecule has 1 rings (SSSR count). The number of aromatic nitrogens is 1. The quantitative estimate of drug-likeness (QED) is 0.685. The molecule has 0 spiro atoms. The number of rotatable bonds is 9. The highest BCUT2D eigenvalue weighted by Crippen LogP contribution is 2.26. The molecule has 2 N–H and O–H groups in total. The Balaban J connectivity index is 2.36. The van der Waals surface area contributed by atoms with E-state index in [1.54, 1.807) is 7.11 Å². The Labute approximate surface area is 126 Å². The van der Waals surface area contributed by atoms with Crippen LogP contribution in [0.2, 0.25) is 0 Å². The zero-order valence-electron chi connectivity index (χ0n) is 13.4. The fourth-order valence-electron chi connectivity index (χ4n) is 2.12. The maximum absolute atomic E-state index is 10.6. The number of carboxylic acid groups (broad SMARTS) is 1. The van der Waals surface area contributed by atoms with Crippen LogP contribution in [-0.2, 0) is 11.3 Å². The summed E-state index contributed by atoms with van der Waals surface area (Å²) in [6.45, 7) is 7.68. The van der Waals surface area contributed by atoms with E-state index in [0.29, 0.717) is 13.0 Å². The lowest BCUT2D eigenvalue weighted by Crippen LogP contribution is -2.23. The second-order valence-corrected chi connectivity index (χ2v) is 6.12. The topological polar surface area (TPSA) is 71.5 Å². The molecule has 5 nitrogen and oxygen atoms in total. The summed E-state index contributed by atoms with van der Waals surface area (Å²) in [6.07, 6.45) is 1.85. The molecule has 0 saturated carbocycles. The van der Waals surface area contributed by atoms with Gasteiger partial charge < -0.3 is 15.2 Å². The summed E-state index contributed by atoms with van der Waals surface area (Å²) in [5, 5.41) is 12.1. The fourth-order valence-corrected chi connectivity index (χ4v) is 2.12. The van der Waals surface area contributed by atoms with E-state index in [-0.39, 0.29) is 11.8 Å². The molecular formula is C16H26N2O3. The van der Waals surface area contributed by atoms with Gasteiger partial charge in [0.05, 0.1) is 12.8 Å². The molecule has 0 aliphatic carbocycles. The molecule has 118 valence electrons. The molecule has 0 aliphatic rings. The summed E-state index contributed by atoms with van der Waals surface area (Å²) in [5.74, 6) is 0.0909. The third-order valence-corrected chi connectivity index (χ3v) is 3.52. The third-order valence-electron chi connectivity index (χ3n) is 3.52. The molecule has 0 saturated heterocycles. The molecule has 0 bridgehead atoms. The lowest BCUT2D eigenvalue weighted by atomic mass is 9.84. The molecule has 0 fully saturated rings. The van der Waals surface area contributed by atoms with Crippen molar-refractivity contribution in [1.29, 1.82) is 0 Å². The van der Waals surface area contributed by atoms with E-state index < -0.39 is 5.97 Å². The summed E-state index contributed by atoms with van der Waals surface area (Å²) >= 11 is 0. The monoisotopic (exact) mass is 294 g/mol. The summed E-state index contributed by atoms with van der Waals surface area (Å²) in [5.41, 5.74) is 1.92. The Bertz CT molecular complexity index is 473. The Morgan fingerprint density at radius 1 is 1.38 bits per heavy atom. The molecule has 0 amide bonds. The number of nitrogens with one attached hydrogen (secondary N) is 1. The van der Waals surface area contributed by atoms with Gasteiger partial charge >= 0.3 is 5.97 Å². The summed E-state index contributed by atoms with van der Waals surface area (Å²) in [6, 6.07) is 3.83. The van der Waals surface area contributed by atoms with E-state index in [2.05, 4.69) is 24.1 Å². The van der Waals surface area contributed by atoms with Crippen LogP contribution in [0.4, 0.5) is 0 Å². The molecule has 0 atom stereocenters. The van der Waals surface area contributed by atoms with Gasteiger partial charge in [-0.05, 0) is 31.7 Å². The number of hydrogen-bond donors (Lipinski definition) is 2. The third kappa shape index (κ3) is 7.09. The average Bonchev–Trinajstić information content (AvgIpc) is 2.41. The molecule has 0 radical (unpaired) electrons. The van der Waals surface area contributed by atoms with E-state index in [1.165, 1.54) is 0 Å². The van der Waals surface area contributed by atoms with Crippen LogP contribution < -0.4 is 10.1 Å². The van der Waals surface area contributed by atoms with Crippen LogP contribution in [-0.4, -0.2) is 29.7 Å². The first kappa shape index (κ1) is 17.4. The van der Waals surface area contributed by atoms with Crippen LogP contribution in [0.25, 0.3) is 0 Å². The minimum Gasteiger partial charge on any atom is -0.497 e. The van der Waals surface area contributed by atoms with Gasteiger partial charge in [-0.25, -0.2) is 0 Å². The molecule has 0 unspecified atom stereocenters. The smallest absolute Gasteiger partial charge is 0.303 e. The number of carbonyl (C=O) groups is 1. The Morgan fingerprint density at radius 2 is 2.10 bits per heavy atom. The van der Waals surface area contributed by atoms with Crippen molar-refractivity contribution in [2.75, 3.05) is 13.7 Å². The number of pyridine rings is 1. The Morgan fingerprint density at radius 3 is 2.71 bits per heavy atom. The first-order valence-corrected chi connectivity index (χ1v) is 7.26. The second-order valence-electron chi connectivity index (χ2n) is 6.12. The maximum atomic E-state index is 10.6. The van der Waals surface area contributed by atoms with Crippen LogP contribution in [0, 0.1) is 12.3 Å². The van der Waals surface area contributed by atoms with Gasteiger partial charge in [0.25, 0.3) is 0 Å². The average molecular weight is 294 g/mol. The Kier molecular flexibility index (Phi) is 6.62. The van der Waals surface area contributed by atoms with E-state index in [4.69, 9.17) is 9.84 Å². The molecule has 1 aromatic rings. The number of hydrogen-bond acceptors (Lipinski definition) is 4. The molecular weight excluding hydrogens is 268 g/mol. The van der Waals surface area contributed by atoms with Gasteiger partial charge in [0.15, 0.2) is 0 Å². The van der Waals surface area contributed by atoms with Crippen LogP contribution in [0.15, 0.2) is 12.1 Å². The standard InChI is InChI=1S/C16H26N2O3/c1-12-9-14(21-4)10-13(18-12)11-17-8-7-16(2,3)6-5-15(19)20/h9-10,17H,5-8,11H2,1-4H3,(H,19,20). The summed E-state index contributed by atoms with van der Waals surface area (Å²) in [7, 11) is 1.65. The van der Waals surface area contributed by atoms with Gasteiger partial charge in [0.2, 0.25) is 0 Å². The zero-order chi connectivity index (χ0) is 15.9.